The summed E-state index contributed by atoms with van der Waals surface area (Å²) in [6.07, 6.45) is 2.87. The zero-order valence-electron chi connectivity index (χ0n) is 16.6. The average Bonchev–Trinajstić information content (AvgIpc) is 2.75. The molecule has 0 saturated heterocycles. The number of aromatic nitrogens is 1. The number of para-hydroxylation sites is 1. The Morgan fingerprint density at radius 3 is 2.77 bits per heavy atom. The molecule has 4 aromatic rings. The van der Waals surface area contributed by atoms with Crippen LogP contribution in [-0.2, 0) is 20.9 Å². The highest BCUT2D eigenvalue weighted by atomic mass is 16.5. The molecule has 7 heteroatoms. The largest absolute Gasteiger partial charge is 0.458 e. The van der Waals surface area contributed by atoms with Gasteiger partial charge in [0.2, 0.25) is 5.91 Å². The van der Waals surface area contributed by atoms with E-state index < -0.39 is 11.6 Å². The molecule has 1 N–H and O–H groups in total. The number of rotatable bonds is 5. The first-order valence-electron chi connectivity index (χ1n) is 9.53. The van der Waals surface area contributed by atoms with Gasteiger partial charge in [0.1, 0.15) is 12.2 Å². The minimum Gasteiger partial charge on any atom is -0.458 e. The number of hydrogen-bond donors (Lipinski definition) is 1. The van der Waals surface area contributed by atoms with Crippen molar-refractivity contribution in [2.75, 3.05) is 5.32 Å². The molecule has 2 aromatic carbocycles. The molecule has 0 bridgehead atoms. The van der Waals surface area contributed by atoms with Crippen molar-refractivity contribution in [2.45, 2.75) is 13.5 Å². The zero-order valence-corrected chi connectivity index (χ0v) is 16.6. The van der Waals surface area contributed by atoms with Crippen molar-refractivity contribution >= 4 is 45.5 Å². The number of amides is 1. The van der Waals surface area contributed by atoms with Gasteiger partial charge in [-0.05, 0) is 30.3 Å². The molecule has 0 unspecified atom stereocenters. The van der Waals surface area contributed by atoms with Crippen molar-refractivity contribution < 1.29 is 18.7 Å². The lowest BCUT2D eigenvalue weighted by molar-refractivity contribution is -0.138. The van der Waals surface area contributed by atoms with E-state index in [0.717, 1.165) is 10.9 Å². The summed E-state index contributed by atoms with van der Waals surface area (Å²) in [7, 11) is 0. The van der Waals surface area contributed by atoms with Gasteiger partial charge in [-0.15, -0.1) is 0 Å². The highest BCUT2D eigenvalue weighted by Gasteiger charge is 2.09. The summed E-state index contributed by atoms with van der Waals surface area (Å²) in [5.74, 6) is -0.800. The van der Waals surface area contributed by atoms with E-state index >= 15 is 0 Å². The van der Waals surface area contributed by atoms with E-state index in [1.54, 1.807) is 24.3 Å². The summed E-state index contributed by atoms with van der Waals surface area (Å²) in [6, 6.07) is 17.6. The van der Waals surface area contributed by atoms with E-state index in [2.05, 4.69) is 10.3 Å². The normalized spacial score (nSPS) is 11.1. The number of carbonyl (C=O) groups is 2. The summed E-state index contributed by atoms with van der Waals surface area (Å²) >= 11 is 0. The van der Waals surface area contributed by atoms with Gasteiger partial charge < -0.3 is 14.5 Å². The zero-order chi connectivity index (χ0) is 21.8. The van der Waals surface area contributed by atoms with Crippen LogP contribution in [-0.4, -0.2) is 16.9 Å². The first-order valence-corrected chi connectivity index (χ1v) is 9.53. The minimum absolute atomic E-state index is 0.101. The number of fused-ring (bicyclic) bond motifs is 2. The van der Waals surface area contributed by atoms with Crippen molar-refractivity contribution in [3.05, 3.63) is 88.4 Å². The van der Waals surface area contributed by atoms with Gasteiger partial charge in [-0.2, -0.15) is 0 Å². The van der Waals surface area contributed by atoms with Crippen molar-refractivity contribution in [1.82, 2.24) is 4.98 Å². The lowest BCUT2D eigenvalue weighted by Crippen LogP contribution is -2.07. The van der Waals surface area contributed by atoms with Crippen LogP contribution >= 0.6 is 0 Å². The fourth-order valence-corrected chi connectivity index (χ4v) is 3.16. The monoisotopic (exact) mass is 414 g/mol. The van der Waals surface area contributed by atoms with E-state index in [0.29, 0.717) is 27.9 Å². The Morgan fingerprint density at radius 1 is 1.10 bits per heavy atom. The molecule has 2 heterocycles. The smallest absolute Gasteiger partial charge is 0.336 e. The molecule has 1 amide bonds. The van der Waals surface area contributed by atoms with Crippen molar-refractivity contribution in [2.24, 2.45) is 0 Å². The number of ether oxygens (including phenoxy) is 1. The van der Waals surface area contributed by atoms with E-state index in [1.165, 1.54) is 19.1 Å². The van der Waals surface area contributed by atoms with Gasteiger partial charge in [0.25, 0.3) is 0 Å². The maximum absolute atomic E-state index is 12.2. The van der Waals surface area contributed by atoms with Crippen LogP contribution in [0.3, 0.4) is 0 Å². The maximum atomic E-state index is 12.2. The molecule has 0 saturated carbocycles. The Balaban J connectivity index is 1.48. The summed E-state index contributed by atoms with van der Waals surface area (Å²) in [5, 5.41) is 4.25. The predicted octanol–water partition coefficient (Wildman–Crippen LogP) is 4.06. The van der Waals surface area contributed by atoms with E-state index in [4.69, 9.17) is 9.15 Å². The predicted molar refractivity (Wildman–Crippen MR) is 117 cm³/mol. The molecular formula is C24H18N2O5. The van der Waals surface area contributed by atoms with Crippen molar-refractivity contribution in [3.8, 4) is 0 Å². The molecule has 0 aliphatic heterocycles. The van der Waals surface area contributed by atoms with Crippen LogP contribution in [0.15, 0.2) is 76.0 Å². The highest BCUT2D eigenvalue weighted by molar-refractivity contribution is 5.92. The molecule has 0 radical (unpaired) electrons. The second-order valence-electron chi connectivity index (χ2n) is 6.85. The first kappa shape index (κ1) is 20.0. The Hall–Kier alpha value is -4.26. The van der Waals surface area contributed by atoms with Gasteiger partial charge >= 0.3 is 11.6 Å². The quantitative estimate of drug-likeness (QED) is 0.300. The number of benzene rings is 2. The molecule has 0 spiro atoms. The van der Waals surface area contributed by atoms with Crippen LogP contribution in [0.4, 0.5) is 5.69 Å². The summed E-state index contributed by atoms with van der Waals surface area (Å²) in [6.45, 7) is 1.28. The third kappa shape index (κ3) is 4.84. The van der Waals surface area contributed by atoms with Crippen molar-refractivity contribution in [3.63, 3.8) is 0 Å². The van der Waals surface area contributed by atoms with Gasteiger partial charge in [0, 0.05) is 47.2 Å². The van der Waals surface area contributed by atoms with Gasteiger partial charge in [-0.25, -0.2) is 14.6 Å². The van der Waals surface area contributed by atoms with Crippen LogP contribution in [0, 0.1) is 0 Å². The molecule has 154 valence electrons. The molecule has 2 aromatic heterocycles. The Morgan fingerprint density at radius 2 is 1.94 bits per heavy atom. The SMILES string of the molecule is CC(=O)Nc1ccc2c(COC(=O)/C=C/c3ccc4ccccc4n3)cc(=O)oc2c1. The van der Waals surface area contributed by atoms with Crippen LogP contribution in [0.1, 0.15) is 18.2 Å². The van der Waals surface area contributed by atoms with Gasteiger partial charge in [-0.1, -0.05) is 24.3 Å². The topological polar surface area (TPSA) is 98.5 Å². The van der Waals surface area contributed by atoms with E-state index in [-0.39, 0.29) is 12.5 Å². The molecular weight excluding hydrogens is 396 g/mol. The van der Waals surface area contributed by atoms with Gasteiger partial charge in [0.15, 0.2) is 0 Å². The fraction of sp³-hybridized carbons (Fsp3) is 0.0833. The molecule has 4 rings (SSSR count). The number of carbonyl (C=O) groups excluding carboxylic acids is 2. The second-order valence-corrected chi connectivity index (χ2v) is 6.85. The average molecular weight is 414 g/mol. The Bertz CT molecular complexity index is 1390. The van der Waals surface area contributed by atoms with Crippen LogP contribution in [0.25, 0.3) is 27.9 Å². The molecule has 0 fully saturated rings. The van der Waals surface area contributed by atoms with E-state index in [1.807, 2.05) is 36.4 Å². The molecule has 31 heavy (non-hydrogen) atoms. The van der Waals surface area contributed by atoms with Crippen LogP contribution in [0.2, 0.25) is 0 Å². The molecule has 0 atom stereocenters. The number of pyridine rings is 1. The third-order valence-electron chi connectivity index (χ3n) is 4.53. The standard InChI is InChI=1S/C24H18N2O5/c1-15(27)25-19-8-10-20-17(12-24(29)31-22(20)13-19)14-30-23(28)11-9-18-7-6-16-4-2-3-5-21(16)26-18/h2-13H,14H2,1H3,(H,25,27)/b11-9+. The number of esters is 1. The molecule has 7 nitrogen and oxygen atoms in total. The number of nitrogens with one attached hydrogen (secondary N) is 1. The lowest BCUT2D eigenvalue weighted by atomic mass is 10.1. The highest BCUT2D eigenvalue weighted by Crippen LogP contribution is 2.22. The van der Waals surface area contributed by atoms with E-state index in [9.17, 15) is 14.4 Å². The number of nitrogens with zero attached hydrogens (tertiary/aromatic N) is 1. The van der Waals surface area contributed by atoms with Gasteiger partial charge in [0.05, 0.1) is 11.2 Å². The second kappa shape index (κ2) is 8.62. The lowest BCUT2D eigenvalue weighted by Gasteiger charge is -2.08. The Kier molecular flexibility index (Phi) is 5.57. The molecule has 0 aliphatic carbocycles. The maximum Gasteiger partial charge on any atom is 0.336 e. The van der Waals surface area contributed by atoms with Gasteiger partial charge in [-0.3, -0.25) is 4.79 Å². The molecule has 0 aliphatic rings. The summed E-state index contributed by atoms with van der Waals surface area (Å²) in [5.41, 5.74) is 2.19. The van der Waals surface area contributed by atoms with Crippen LogP contribution in [0.5, 0.6) is 0 Å². The Labute approximate surface area is 177 Å². The van der Waals surface area contributed by atoms with Crippen LogP contribution < -0.4 is 10.9 Å². The third-order valence-corrected chi connectivity index (χ3v) is 4.53. The first-order chi connectivity index (χ1) is 15.0. The minimum atomic E-state index is -0.575. The summed E-state index contributed by atoms with van der Waals surface area (Å²) in [4.78, 5) is 39.7. The number of hydrogen-bond acceptors (Lipinski definition) is 6. The fourth-order valence-electron chi connectivity index (χ4n) is 3.16. The summed E-state index contributed by atoms with van der Waals surface area (Å²) < 4.78 is 10.5. The van der Waals surface area contributed by atoms with Crippen molar-refractivity contribution in [1.29, 1.82) is 0 Å². The number of anilines is 1.